The van der Waals surface area contributed by atoms with Crippen LogP contribution in [0, 0.1) is 0 Å². The fraction of sp³-hybridized carbons (Fsp3) is 0.308. The number of carbonyl (C=O) groups excluding carboxylic acids is 3. The van der Waals surface area contributed by atoms with Crippen molar-refractivity contribution in [3.05, 3.63) is 22.3 Å². The fourth-order valence-corrected chi connectivity index (χ4v) is 2.39. The highest BCUT2D eigenvalue weighted by molar-refractivity contribution is 6.22. The summed E-state index contributed by atoms with van der Waals surface area (Å²) in [5.74, 6) is -1.23. The van der Waals surface area contributed by atoms with Crippen molar-refractivity contribution in [2.75, 3.05) is 11.5 Å². The molecule has 0 aliphatic heterocycles. The minimum atomic E-state index is -0.418. The van der Waals surface area contributed by atoms with Crippen LogP contribution in [0.2, 0.25) is 0 Å². The van der Waals surface area contributed by atoms with Gasteiger partial charge in [-0.05, 0) is 20.8 Å². The van der Waals surface area contributed by atoms with Gasteiger partial charge in [-0.3, -0.25) is 14.4 Å². The van der Waals surface area contributed by atoms with Crippen LogP contribution in [0.1, 0.15) is 57.4 Å². The SMILES string of the molecule is CC(=O)c1c(N)c(C(C)=O)c(C(C)=O)c(N)c1CCl. The van der Waals surface area contributed by atoms with E-state index in [4.69, 9.17) is 23.1 Å². The first-order valence-corrected chi connectivity index (χ1v) is 6.10. The van der Waals surface area contributed by atoms with Gasteiger partial charge in [-0.2, -0.15) is 0 Å². The molecule has 1 aromatic rings. The van der Waals surface area contributed by atoms with Gasteiger partial charge < -0.3 is 11.5 Å². The summed E-state index contributed by atoms with van der Waals surface area (Å²) in [6.45, 7) is 3.85. The van der Waals surface area contributed by atoms with Crippen molar-refractivity contribution in [2.45, 2.75) is 26.7 Å². The smallest absolute Gasteiger partial charge is 0.162 e. The summed E-state index contributed by atoms with van der Waals surface area (Å²) >= 11 is 5.78. The second-order valence-corrected chi connectivity index (χ2v) is 4.50. The van der Waals surface area contributed by atoms with E-state index in [9.17, 15) is 14.4 Å². The lowest BCUT2D eigenvalue weighted by Gasteiger charge is -2.18. The number of hydrogen-bond acceptors (Lipinski definition) is 5. The normalized spacial score (nSPS) is 10.3. The zero-order chi connectivity index (χ0) is 14.9. The maximum atomic E-state index is 11.7. The number of hydrogen-bond donors (Lipinski definition) is 2. The van der Waals surface area contributed by atoms with E-state index in [0.29, 0.717) is 5.56 Å². The monoisotopic (exact) mass is 282 g/mol. The second-order valence-electron chi connectivity index (χ2n) is 4.23. The Balaban J connectivity index is 3.98. The zero-order valence-electron chi connectivity index (χ0n) is 11.0. The van der Waals surface area contributed by atoms with Crippen molar-refractivity contribution >= 4 is 40.3 Å². The lowest BCUT2D eigenvalue weighted by atomic mass is 9.89. The fourth-order valence-electron chi connectivity index (χ4n) is 2.11. The first-order chi connectivity index (χ1) is 8.73. The van der Waals surface area contributed by atoms with E-state index >= 15 is 0 Å². The lowest BCUT2D eigenvalue weighted by molar-refractivity contribution is 0.0980. The molecule has 6 heteroatoms. The van der Waals surface area contributed by atoms with E-state index in [0.717, 1.165) is 0 Å². The van der Waals surface area contributed by atoms with Crippen LogP contribution in [-0.2, 0) is 5.88 Å². The van der Waals surface area contributed by atoms with E-state index < -0.39 is 11.6 Å². The van der Waals surface area contributed by atoms with Gasteiger partial charge in [-0.1, -0.05) is 0 Å². The Labute approximate surface area is 115 Å². The number of anilines is 2. The summed E-state index contributed by atoms with van der Waals surface area (Å²) in [5.41, 5.74) is 12.2. The lowest BCUT2D eigenvalue weighted by Crippen LogP contribution is -2.18. The number of nitrogen functional groups attached to an aromatic ring is 2. The number of halogens is 1. The van der Waals surface area contributed by atoms with Crippen LogP contribution in [0.5, 0.6) is 0 Å². The first kappa shape index (κ1) is 15.2. The van der Waals surface area contributed by atoms with E-state index in [1.807, 2.05) is 0 Å². The Kier molecular flexibility index (Phi) is 4.32. The molecule has 0 bridgehead atoms. The summed E-state index contributed by atoms with van der Waals surface area (Å²) in [6, 6.07) is 0. The molecule has 0 spiro atoms. The molecule has 0 amide bonds. The molecule has 0 aromatic heterocycles. The standard InChI is InChI=1S/C13H15ClN2O3/c1-5(17)9-8(4-14)12(15)10(6(2)18)11(7(3)19)13(9)16/h4,15-16H2,1-3H3. The molecular formula is C13H15ClN2O3. The van der Waals surface area contributed by atoms with Crippen LogP contribution in [-0.4, -0.2) is 17.3 Å². The predicted molar refractivity (Wildman–Crippen MR) is 74.8 cm³/mol. The Morgan fingerprint density at radius 3 is 1.53 bits per heavy atom. The molecule has 5 nitrogen and oxygen atoms in total. The number of benzene rings is 1. The average molecular weight is 283 g/mol. The Morgan fingerprint density at radius 2 is 1.21 bits per heavy atom. The Morgan fingerprint density at radius 1 is 0.842 bits per heavy atom. The van der Waals surface area contributed by atoms with Crippen molar-refractivity contribution < 1.29 is 14.4 Å². The number of alkyl halides is 1. The second kappa shape index (κ2) is 5.40. The van der Waals surface area contributed by atoms with E-state index in [2.05, 4.69) is 0 Å². The summed E-state index contributed by atoms with van der Waals surface area (Å²) in [6.07, 6.45) is 0. The molecule has 0 atom stereocenters. The van der Waals surface area contributed by atoms with Gasteiger partial charge in [0.15, 0.2) is 17.3 Å². The van der Waals surface area contributed by atoms with Crippen molar-refractivity contribution in [1.82, 2.24) is 0 Å². The molecule has 1 rings (SSSR count). The number of nitrogens with two attached hydrogens (primary N) is 2. The van der Waals surface area contributed by atoms with E-state index in [1.165, 1.54) is 20.8 Å². The molecule has 0 aliphatic carbocycles. The molecule has 0 saturated carbocycles. The molecule has 1 aromatic carbocycles. The Bertz CT molecular complexity index is 594. The Hall–Kier alpha value is -1.88. The third kappa shape index (κ3) is 2.46. The quantitative estimate of drug-likeness (QED) is 0.500. The minimum absolute atomic E-state index is 0.0101. The van der Waals surface area contributed by atoms with Gasteiger partial charge in [-0.25, -0.2) is 0 Å². The van der Waals surface area contributed by atoms with Crippen LogP contribution in [0.15, 0.2) is 0 Å². The van der Waals surface area contributed by atoms with Crippen LogP contribution in [0.3, 0.4) is 0 Å². The molecule has 0 unspecified atom stereocenters. The van der Waals surface area contributed by atoms with Gasteiger partial charge >= 0.3 is 0 Å². The topological polar surface area (TPSA) is 103 Å². The number of carbonyl (C=O) groups is 3. The molecule has 0 heterocycles. The predicted octanol–water partition coefficient (Wildman–Crippen LogP) is 2.20. The van der Waals surface area contributed by atoms with Crippen molar-refractivity contribution in [3.63, 3.8) is 0 Å². The molecule has 0 radical (unpaired) electrons. The summed E-state index contributed by atoms with van der Waals surface area (Å²) in [4.78, 5) is 35.0. The summed E-state index contributed by atoms with van der Waals surface area (Å²) in [7, 11) is 0. The zero-order valence-corrected chi connectivity index (χ0v) is 11.7. The first-order valence-electron chi connectivity index (χ1n) is 5.56. The van der Waals surface area contributed by atoms with Crippen LogP contribution in [0.4, 0.5) is 11.4 Å². The molecule has 19 heavy (non-hydrogen) atoms. The van der Waals surface area contributed by atoms with Crippen molar-refractivity contribution in [3.8, 4) is 0 Å². The van der Waals surface area contributed by atoms with E-state index in [1.54, 1.807) is 0 Å². The molecule has 102 valence electrons. The van der Waals surface area contributed by atoms with Crippen molar-refractivity contribution in [2.24, 2.45) is 0 Å². The third-order valence-electron chi connectivity index (χ3n) is 2.87. The minimum Gasteiger partial charge on any atom is -0.398 e. The molecule has 0 aliphatic rings. The third-order valence-corrected chi connectivity index (χ3v) is 3.14. The van der Waals surface area contributed by atoms with Gasteiger partial charge in [0.2, 0.25) is 0 Å². The number of Topliss-reactive ketones (excluding diaryl/α,β-unsaturated/α-hetero) is 3. The number of rotatable bonds is 4. The average Bonchev–Trinajstić information content (AvgIpc) is 2.28. The molecule has 0 saturated heterocycles. The summed E-state index contributed by atoms with van der Waals surface area (Å²) in [5, 5.41) is 0. The highest BCUT2D eigenvalue weighted by atomic mass is 35.5. The van der Waals surface area contributed by atoms with Crippen molar-refractivity contribution in [1.29, 1.82) is 0 Å². The highest BCUT2D eigenvalue weighted by Gasteiger charge is 2.26. The van der Waals surface area contributed by atoms with Crippen LogP contribution < -0.4 is 11.5 Å². The molecule has 4 N–H and O–H groups in total. The maximum absolute atomic E-state index is 11.7. The van der Waals surface area contributed by atoms with E-state index in [-0.39, 0.29) is 39.7 Å². The van der Waals surface area contributed by atoms with Gasteiger partial charge in [0, 0.05) is 16.8 Å². The maximum Gasteiger partial charge on any atom is 0.162 e. The highest BCUT2D eigenvalue weighted by Crippen LogP contribution is 2.34. The van der Waals surface area contributed by atoms with Gasteiger partial charge in [0.25, 0.3) is 0 Å². The van der Waals surface area contributed by atoms with Gasteiger partial charge in [0.1, 0.15) is 0 Å². The van der Waals surface area contributed by atoms with Gasteiger partial charge in [-0.15, -0.1) is 11.6 Å². The largest absolute Gasteiger partial charge is 0.398 e. The molecular weight excluding hydrogens is 268 g/mol. The molecule has 0 fully saturated rings. The summed E-state index contributed by atoms with van der Waals surface area (Å²) < 4.78 is 0. The number of ketones is 3. The van der Waals surface area contributed by atoms with Gasteiger partial charge in [0.05, 0.1) is 22.7 Å². The van der Waals surface area contributed by atoms with Crippen LogP contribution in [0.25, 0.3) is 0 Å². The van der Waals surface area contributed by atoms with Crippen LogP contribution >= 0.6 is 11.6 Å².